The molecule has 2 amide bonds. The van der Waals surface area contributed by atoms with Crippen molar-refractivity contribution in [2.24, 2.45) is 33.3 Å². The van der Waals surface area contributed by atoms with E-state index in [4.69, 9.17) is 35.9 Å². The van der Waals surface area contributed by atoms with Gasteiger partial charge in [-0.1, -0.05) is 46.0 Å². The number of nitrogens with zero attached hydrogens (tertiary/aromatic N) is 10. The van der Waals surface area contributed by atoms with Gasteiger partial charge in [0.05, 0.1) is 47.3 Å². The Balaban J connectivity index is 0.000000295. The number of amides is 2. The molecule has 2 aromatic carbocycles. The molecule has 10 rings (SSSR count). The topological polar surface area (TPSA) is 300 Å². The van der Waals surface area contributed by atoms with Gasteiger partial charge in [-0.15, -0.1) is 0 Å². The first kappa shape index (κ1) is 70.3. The molecule has 83 heavy (non-hydrogen) atoms. The summed E-state index contributed by atoms with van der Waals surface area (Å²) in [6.45, 7) is 7.00. The molecule has 2 fully saturated rings. The van der Waals surface area contributed by atoms with Gasteiger partial charge in [0, 0.05) is 63.3 Å². The Hall–Kier alpha value is -3.43. The minimum atomic E-state index is -1.08. The first-order valence-corrected chi connectivity index (χ1v) is 26.7. The number of fused-ring (bicyclic) bond motifs is 2. The smallest absolute Gasteiger partial charge is 1.00 e. The van der Waals surface area contributed by atoms with Gasteiger partial charge in [-0.25, -0.2) is 37.5 Å². The summed E-state index contributed by atoms with van der Waals surface area (Å²) in [5, 5.41) is 24.6. The summed E-state index contributed by atoms with van der Waals surface area (Å²) in [4.78, 5) is 65.3. The number of ether oxygens (including phenoxy) is 1. The van der Waals surface area contributed by atoms with Crippen LogP contribution in [0.1, 0.15) is 84.7 Å². The van der Waals surface area contributed by atoms with Crippen molar-refractivity contribution in [2.75, 3.05) is 28.2 Å². The van der Waals surface area contributed by atoms with Gasteiger partial charge in [-0.2, -0.15) is 0 Å². The summed E-state index contributed by atoms with van der Waals surface area (Å²) in [5.41, 5.74) is 13.0. The number of nitrogens with two attached hydrogens (primary N) is 2. The molecule has 0 radical (unpaired) electrons. The van der Waals surface area contributed by atoms with E-state index in [0.29, 0.717) is 40.1 Å². The van der Waals surface area contributed by atoms with E-state index in [9.17, 15) is 18.4 Å². The molecule has 30 heteroatoms. The normalized spacial score (nSPS) is 22.6. The van der Waals surface area contributed by atoms with E-state index >= 15 is 8.78 Å². The quantitative estimate of drug-likeness (QED) is 0.0631. The van der Waals surface area contributed by atoms with Crippen molar-refractivity contribution in [1.82, 2.24) is 40.0 Å². The van der Waals surface area contributed by atoms with Crippen LogP contribution < -0.4 is 159 Å². The average Bonchev–Trinajstić information content (AvgIpc) is 1.55. The first-order valence-electron chi connectivity index (χ1n) is 24.3. The molecule has 6 atom stereocenters. The Morgan fingerprint density at radius 3 is 1.54 bits per heavy atom. The monoisotopic (exact) mass is 1490 g/mol. The average molecular weight is 1490 g/mol. The number of hydrogen-bond acceptors (Lipinski definition) is 21. The van der Waals surface area contributed by atoms with Crippen molar-refractivity contribution in [3.05, 3.63) is 146 Å². The van der Waals surface area contributed by atoms with Gasteiger partial charge < -0.3 is 51.7 Å². The predicted octanol–water partition coefficient (Wildman–Crippen LogP) is 1.08. The molecule has 430 valence electrons. The number of benzene rings is 2. The Morgan fingerprint density at radius 2 is 1.19 bits per heavy atom. The molecule has 0 unspecified atom stereocenters. The number of thioether (sulfide) groups is 2. The molecule has 2 aliphatic heterocycles. The molecule has 0 spiro atoms. The molecule has 0 bridgehead atoms. The molecule has 4 aromatic heterocycles. The van der Waals surface area contributed by atoms with Gasteiger partial charge in [0.15, 0.2) is 40.1 Å². The molecule has 6 aromatic rings. The summed E-state index contributed by atoms with van der Waals surface area (Å²) >= 11 is 5.62. The standard InChI is InChI=1S/C26H26F2N6O3S.C21H20BrF2N5OS.C5H7NO2.CH2O3.2Cs.H/c1-14-7-16(37-33-14)13-36-22-12-30-20(11-31-22)19(28)9-15-5-6-18(27)17(8-15)25(2)21-10-26(21,23(35)34(3)4)38-24(29)32-25;1-20(16-8-21(16,18(30)29(2)3)31-19(25)28-20)12-6-11(4-5-13(12)23)7-14(24)15-9-27-17(22)10-26-15;1-4-2-5(3-7)8-6-4;2-1-4-3;;;/h5-9,11-12,21H,10,13H2,1-4H3,(H2,29,32);4-7,9-10,16H,8H2,1-3H3,(H2,25,28);2,7H,3H2,1H3;1,3H;;;/q;;;;2*+1;-1/p-1/b19-9-;14-7-;;;;;/t21-,25+,26-;16-,20+,21-;;;;;/m00...../s1. The molecule has 5 N–H and O–H groups in total. The van der Waals surface area contributed by atoms with Gasteiger partial charge in [0.2, 0.25) is 17.7 Å². The van der Waals surface area contributed by atoms with E-state index in [-0.39, 0.29) is 221 Å². The molecule has 6 heterocycles. The van der Waals surface area contributed by atoms with E-state index in [1.165, 1.54) is 101 Å². The number of aliphatic imine (C=N–C) groups is 2. The number of rotatable bonds is 13. The van der Waals surface area contributed by atoms with E-state index in [2.05, 4.69) is 65.6 Å². The maximum atomic E-state index is 15.1. The van der Waals surface area contributed by atoms with Crippen LogP contribution in [0.15, 0.2) is 97.0 Å². The number of amidine groups is 2. The maximum absolute atomic E-state index is 15.1. The largest absolute Gasteiger partial charge is 1.00 e. The Morgan fingerprint density at radius 1 is 0.759 bits per heavy atom. The zero-order valence-electron chi connectivity index (χ0n) is 47.7. The van der Waals surface area contributed by atoms with Crippen LogP contribution in [-0.2, 0) is 43.6 Å². The first-order chi connectivity index (χ1) is 38.3. The third-order valence-electron chi connectivity index (χ3n) is 13.3. The number of carbonyl (C=O) groups is 3. The van der Waals surface area contributed by atoms with Crippen molar-refractivity contribution < 1.29 is 200 Å². The number of aliphatic hydroxyl groups excluding tert-OH is 1. The molecular weight excluding hydrogens is 1430 g/mol. The van der Waals surface area contributed by atoms with E-state index in [1.54, 1.807) is 67.2 Å². The second-order valence-electron chi connectivity index (χ2n) is 19.5. The molecule has 4 aliphatic rings. The van der Waals surface area contributed by atoms with Gasteiger partial charge in [-0.3, -0.25) is 24.4 Å². The fraction of sp³-hybridized carbons (Fsp3) is 0.340. The van der Waals surface area contributed by atoms with Crippen LogP contribution in [0.4, 0.5) is 17.6 Å². The third-order valence-corrected chi connectivity index (χ3v) is 16.3. The number of halogens is 5. The van der Waals surface area contributed by atoms with Crippen molar-refractivity contribution in [1.29, 1.82) is 0 Å². The van der Waals surface area contributed by atoms with Crippen LogP contribution in [0.25, 0.3) is 23.8 Å². The Kier molecular flexibility index (Phi) is 25.4. The van der Waals surface area contributed by atoms with Gasteiger partial charge in [-0.05, 0) is 104 Å². The zero-order valence-corrected chi connectivity index (χ0v) is 62.5. The number of aryl methyl sites for hydroxylation is 2. The van der Waals surface area contributed by atoms with Crippen LogP contribution in [0.2, 0.25) is 0 Å². The molecule has 21 nitrogen and oxygen atoms in total. The van der Waals surface area contributed by atoms with Crippen LogP contribution in [0, 0.1) is 37.3 Å². The fourth-order valence-corrected chi connectivity index (χ4v) is 12.6. The van der Waals surface area contributed by atoms with Crippen molar-refractivity contribution in [3.63, 3.8) is 0 Å². The minimum absolute atomic E-state index is 0. The van der Waals surface area contributed by atoms with E-state index in [1.807, 2.05) is 6.92 Å². The van der Waals surface area contributed by atoms with E-state index in [0.717, 1.165) is 11.4 Å². The number of aliphatic hydroxyl groups is 1. The number of carbonyl (C=O) groups excluding carboxylic acids is 3. The van der Waals surface area contributed by atoms with Crippen LogP contribution in [0.3, 0.4) is 0 Å². The van der Waals surface area contributed by atoms with Gasteiger partial charge in [0.1, 0.15) is 43.7 Å². The Labute approximate surface area is 610 Å². The van der Waals surface area contributed by atoms with Crippen molar-refractivity contribution in [2.45, 2.75) is 74.3 Å². The molecule has 0 saturated heterocycles. The fourth-order valence-electron chi connectivity index (χ4n) is 9.42. The summed E-state index contributed by atoms with van der Waals surface area (Å²) in [6, 6.07) is 12.0. The SMILES string of the molecule is CN(C)C(=O)[C@]12C[C@H]1[C@@](C)(c1cc(/C=C(\F)c3cnc(Br)cn3)ccc1F)N=C(N)S2.Cc1cc(CO)on1.Cc1cc(COc2cnc(/C(F)=C/c3ccc(F)c([C@@]4(C)N=C(N)S[C@@]5(C(=O)N(C)C)C[C@H]54)c3)cn2)on1.O=CO[O-].[Cs+].[Cs+].[H-]. The summed E-state index contributed by atoms with van der Waals surface area (Å²) in [7, 11) is 6.73. The van der Waals surface area contributed by atoms with Crippen LogP contribution >= 0.6 is 39.5 Å². The second-order valence-corrected chi connectivity index (χ2v) is 23.0. The minimum Gasteiger partial charge on any atom is -1.00 e. The van der Waals surface area contributed by atoms with Crippen molar-refractivity contribution in [3.8, 4) is 5.88 Å². The second kappa shape index (κ2) is 30.0. The zero-order chi connectivity index (χ0) is 59.2. The summed E-state index contributed by atoms with van der Waals surface area (Å²) < 4.78 is 74.0. The van der Waals surface area contributed by atoms with Gasteiger partial charge in [0.25, 0.3) is 6.47 Å². The number of aromatic nitrogens is 6. The molecular formula is C53H55BrCs2F4N12O9S2. The number of hydrogen-bond donors (Lipinski definition) is 3. The van der Waals surface area contributed by atoms with Crippen LogP contribution in [-0.4, -0.2) is 111 Å². The van der Waals surface area contributed by atoms with E-state index < -0.39 is 43.9 Å². The third kappa shape index (κ3) is 16.6. The predicted molar refractivity (Wildman–Crippen MR) is 296 cm³/mol. The summed E-state index contributed by atoms with van der Waals surface area (Å²) in [6.07, 6.45) is 8.80. The molecule has 2 saturated carbocycles. The Bertz CT molecular complexity index is 3450. The molecule has 2 aliphatic carbocycles. The summed E-state index contributed by atoms with van der Waals surface area (Å²) in [5.74, 6) is -1.64. The maximum Gasteiger partial charge on any atom is 1.00 e. The van der Waals surface area contributed by atoms with Crippen molar-refractivity contribution >= 4 is 91.9 Å². The van der Waals surface area contributed by atoms with Gasteiger partial charge >= 0.3 is 138 Å². The van der Waals surface area contributed by atoms with Crippen LogP contribution in [0.5, 0.6) is 5.88 Å².